The first kappa shape index (κ1) is 14.6. The van der Waals surface area contributed by atoms with Crippen LogP contribution in [-0.4, -0.2) is 10.8 Å². The van der Waals surface area contributed by atoms with Crippen LogP contribution in [-0.2, 0) is 0 Å². The number of hydrazone groups is 1. The number of nitriles is 2. The Balaban J connectivity index is 2.53. The molecule has 6 heteroatoms. The van der Waals surface area contributed by atoms with Crippen LogP contribution in [0.5, 0.6) is 5.75 Å². The zero-order valence-electron chi connectivity index (χ0n) is 10.7. The van der Waals surface area contributed by atoms with Crippen molar-refractivity contribution in [1.29, 1.82) is 10.5 Å². The van der Waals surface area contributed by atoms with Crippen molar-refractivity contribution in [3.05, 3.63) is 46.9 Å². The average molecular weight is 341 g/mol. The maximum Gasteiger partial charge on any atom is 0.237 e. The molecule has 0 heterocycles. The van der Waals surface area contributed by atoms with Crippen molar-refractivity contribution in [2.24, 2.45) is 5.10 Å². The molecule has 0 amide bonds. The summed E-state index contributed by atoms with van der Waals surface area (Å²) in [5.41, 5.74) is 4.28. The van der Waals surface area contributed by atoms with E-state index in [1.54, 1.807) is 48.5 Å². The molecule has 2 aromatic carbocycles. The first-order valence-corrected chi connectivity index (χ1v) is 6.67. The van der Waals surface area contributed by atoms with Gasteiger partial charge in [-0.05, 0) is 28.1 Å². The number of benzene rings is 2. The molecule has 0 radical (unpaired) electrons. The number of halogens is 1. The Bertz CT molecular complexity index is 771. The number of rotatable bonds is 3. The van der Waals surface area contributed by atoms with Crippen LogP contribution in [0.15, 0.2) is 52.0 Å². The molecule has 0 atom stereocenters. The van der Waals surface area contributed by atoms with Crippen LogP contribution >= 0.6 is 15.9 Å². The Hall–Kier alpha value is -2.83. The molecule has 102 valence electrons. The van der Waals surface area contributed by atoms with Gasteiger partial charge in [0.2, 0.25) is 5.71 Å². The highest BCUT2D eigenvalue weighted by molar-refractivity contribution is 9.10. The predicted octanol–water partition coefficient (Wildman–Crippen LogP) is 3.64. The molecule has 2 aromatic rings. The minimum absolute atomic E-state index is 0.128. The summed E-state index contributed by atoms with van der Waals surface area (Å²) in [4.78, 5) is 0. The van der Waals surface area contributed by atoms with Gasteiger partial charge >= 0.3 is 0 Å². The van der Waals surface area contributed by atoms with Crippen LogP contribution in [0.4, 0.5) is 5.69 Å². The van der Waals surface area contributed by atoms with Gasteiger partial charge in [0.25, 0.3) is 0 Å². The predicted molar refractivity (Wildman–Crippen MR) is 83.5 cm³/mol. The fourth-order valence-electron chi connectivity index (χ4n) is 1.75. The fourth-order valence-corrected chi connectivity index (χ4v) is 2.21. The van der Waals surface area contributed by atoms with Gasteiger partial charge in [0.05, 0.1) is 5.69 Å². The quantitative estimate of drug-likeness (QED) is 0.659. The number of anilines is 1. The summed E-state index contributed by atoms with van der Waals surface area (Å²) in [6.07, 6.45) is 0. The molecule has 0 saturated carbocycles. The fraction of sp³-hybridized carbons (Fsp3) is 0. The summed E-state index contributed by atoms with van der Waals surface area (Å²) in [7, 11) is 0. The van der Waals surface area contributed by atoms with Crippen molar-refractivity contribution in [1.82, 2.24) is 0 Å². The summed E-state index contributed by atoms with van der Waals surface area (Å²) < 4.78 is 0.697. The molecule has 0 unspecified atom stereocenters. The smallest absolute Gasteiger partial charge is 0.237 e. The molecule has 0 aliphatic carbocycles. The first-order chi connectivity index (χ1) is 10.2. The summed E-state index contributed by atoms with van der Waals surface area (Å²) in [6, 6.07) is 15.6. The number of hydrogen-bond acceptors (Lipinski definition) is 5. The van der Waals surface area contributed by atoms with Gasteiger partial charge in [-0.3, -0.25) is 5.43 Å². The van der Waals surface area contributed by atoms with Crippen LogP contribution in [0.1, 0.15) is 0 Å². The standard InChI is InChI=1S/C15H9BrN4O/c16-13-6-3-5-12(11-4-1-2-7-14(11)21)15(13)20-19-10(8-17)9-18/h1-7,20-21H. The second-order valence-electron chi connectivity index (χ2n) is 3.98. The van der Waals surface area contributed by atoms with Gasteiger partial charge in [0.15, 0.2) is 0 Å². The molecule has 2 rings (SSSR count). The lowest BCUT2D eigenvalue weighted by atomic mass is 10.0. The number of aromatic hydroxyl groups is 1. The average Bonchev–Trinajstić information content (AvgIpc) is 2.50. The van der Waals surface area contributed by atoms with E-state index in [4.69, 9.17) is 10.5 Å². The van der Waals surface area contributed by atoms with E-state index in [1.807, 2.05) is 6.07 Å². The van der Waals surface area contributed by atoms with Crippen molar-refractivity contribution in [2.45, 2.75) is 0 Å². The maximum absolute atomic E-state index is 9.97. The lowest BCUT2D eigenvalue weighted by Gasteiger charge is -2.12. The Morgan fingerprint density at radius 2 is 1.71 bits per heavy atom. The molecule has 5 nitrogen and oxygen atoms in total. The Labute approximate surface area is 129 Å². The monoisotopic (exact) mass is 340 g/mol. The van der Waals surface area contributed by atoms with E-state index in [0.717, 1.165) is 0 Å². The minimum atomic E-state index is -0.283. The van der Waals surface area contributed by atoms with Crippen molar-refractivity contribution >= 4 is 27.3 Å². The van der Waals surface area contributed by atoms with E-state index >= 15 is 0 Å². The van der Waals surface area contributed by atoms with Crippen molar-refractivity contribution < 1.29 is 5.11 Å². The molecular formula is C15H9BrN4O. The molecule has 0 bridgehead atoms. The van der Waals surface area contributed by atoms with E-state index < -0.39 is 0 Å². The third-order valence-corrected chi connectivity index (χ3v) is 3.36. The summed E-state index contributed by atoms with van der Waals surface area (Å²) in [5.74, 6) is 0.128. The zero-order valence-corrected chi connectivity index (χ0v) is 12.3. The Morgan fingerprint density at radius 3 is 2.38 bits per heavy atom. The summed E-state index contributed by atoms with van der Waals surface area (Å²) in [6.45, 7) is 0. The van der Waals surface area contributed by atoms with Gasteiger partial charge < -0.3 is 5.11 Å². The summed E-state index contributed by atoms with van der Waals surface area (Å²) in [5, 5.41) is 31.1. The highest BCUT2D eigenvalue weighted by atomic mass is 79.9. The number of nitrogens with one attached hydrogen (secondary N) is 1. The van der Waals surface area contributed by atoms with E-state index in [0.29, 0.717) is 21.3 Å². The van der Waals surface area contributed by atoms with Crippen LogP contribution in [0.3, 0.4) is 0 Å². The summed E-state index contributed by atoms with van der Waals surface area (Å²) >= 11 is 3.38. The molecule has 0 aromatic heterocycles. The third-order valence-electron chi connectivity index (χ3n) is 2.70. The second kappa shape index (κ2) is 6.56. The molecule has 0 aliphatic rings. The zero-order chi connectivity index (χ0) is 15.2. The normalized spacial score (nSPS) is 9.29. The highest BCUT2D eigenvalue weighted by Gasteiger charge is 2.11. The van der Waals surface area contributed by atoms with E-state index in [9.17, 15) is 5.11 Å². The lowest BCUT2D eigenvalue weighted by Crippen LogP contribution is -1.99. The second-order valence-corrected chi connectivity index (χ2v) is 4.83. The van der Waals surface area contributed by atoms with Crippen LogP contribution in [0.25, 0.3) is 11.1 Å². The molecule has 0 saturated heterocycles. The van der Waals surface area contributed by atoms with Crippen LogP contribution in [0.2, 0.25) is 0 Å². The SMILES string of the molecule is N#CC(C#N)=NNc1c(Br)cccc1-c1ccccc1O. The third kappa shape index (κ3) is 3.19. The van der Waals surface area contributed by atoms with Crippen LogP contribution < -0.4 is 5.43 Å². The molecule has 0 fully saturated rings. The Morgan fingerprint density at radius 1 is 1.05 bits per heavy atom. The number of para-hydroxylation sites is 2. The van der Waals surface area contributed by atoms with Gasteiger partial charge in [0.1, 0.15) is 17.9 Å². The van der Waals surface area contributed by atoms with Crippen molar-refractivity contribution in [2.75, 3.05) is 5.43 Å². The highest BCUT2D eigenvalue weighted by Crippen LogP contribution is 2.38. The largest absolute Gasteiger partial charge is 0.507 e. The van der Waals surface area contributed by atoms with Crippen molar-refractivity contribution in [3.8, 4) is 29.0 Å². The maximum atomic E-state index is 9.97. The van der Waals surface area contributed by atoms with Crippen molar-refractivity contribution in [3.63, 3.8) is 0 Å². The van der Waals surface area contributed by atoms with E-state index in [1.165, 1.54) is 0 Å². The topological polar surface area (TPSA) is 92.2 Å². The van der Waals surface area contributed by atoms with Gasteiger partial charge in [-0.2, -0.15) is 15.6 Å². The molecular weight excluding hydrogens is 332 g/mol. The van der Waals surface area contributed by atoms with Gasteiger partial charge in [-0.1, -0.05) is 30.3 Å². The minimum Gasteiger partial charge on any atom is -0.507 e. The van der Waals surface area contributed by atoms with Gasteiger partial charge in [-0.15, -0.1) is 0 Å². The first-order valence-electron chi connectivity index (χ1n) is 5.88. The van der Waals surface area contributed by atoms with Gasteiger partial charge in [0, 0.05) is 15.6 Å². The van der Waals surface area contributed by atoms with E-state index in [2.05, 4.69) is 26.5 Å². The number of hydrogen-bond donors (Lipinski definition) is 2. The Kier molecular flexibility index (Phi) is 4.55. The molecule has 0 aliphatic heterocycles. The number of phenols is 1. The molecule has 21 heavy (non-hydrogen) atoms. The molecule has 2 N–H and O–H groups in total. The molecule has 0 spiro atoms. The van der Waals surface area contributed by atoms with Gasteiger partial charge in [-0.25, -0.2) is 0 Å². The number of phenolic OH excluding ortho intramolecular Hbond substituents is 1. The number of nitrogens with zero attached hydrogens (tertiary/aromatic N) is 3. The lowest BCUT2D eigenvalue weighted by molar-refractivity contribution is 0.477. The van der Waals surface area contributed by atoms with E-state index in [-0.39, 0.29) is 11.5 Å². The van der Waals surface area contributed by atoms with Crippen LogP contribution in [0, 0.1) is 22.7 Å².